The van der Waals surface area contributed by atoms with Crippen LogP contribution in [0.3, 0.4) is 0 Å². The van der Waals surface area contributed by atoms with E-state index in [9.17, 15) is 9.18 Å². The van der Waals surface area contributed by atoms with Gasteiger partial charge in [-0.25, -0.2) is 4.39 Å². The Kier molecular flexibility index (Phi) is 6.48. The number of carbonyl (C=O) groups is 1. The Hall–Kier alpha value is -1.66. The van der Waals surface area contributed by atoms with Gasteiger partial charge < -0.3 is 10.1 Å². The van der Waals surface area contributed by atoms with E-state index in [1.165, 1.54) is 6.07 Å². The number of rotatable bonds is 5. The molecule has 1 heterocycles. The number of ether oxygens (including phenoxy) is 1. The molecule has 1 amide bonds. The molecule has 3 rings (SSSR count). The first-order valence-electron chi connectivity index (χ1n) is 8.36. The molecule has 7 heteroatoms. The smallest absolute Gasteiger partial charge is 0.225 e. The summed E-state index contributed by atoms with van der Waals surface area (Å²) in [5.74, 6) is -0.653. The van der Waals surface area contributed by atoms with Crippen LogP contribution in [0.25, 0.3) is 0 Å². The van der Waals surface area contributed by atoms with Gasteiger partial charge >= 0.3 is 0 Å². The molecule has 0 radical (unpaired) electrons. The molecule has 4 nitrogen and oxygen atoms in total. The molecule has 26 heavy (non-hydrogen) atoms. The fraction of sp³-hybridized carbons (Fsp3) is 0.316. The normalized spacial score (nSPS) is 17.9. The number of benzene rings is 2. The van der Waals surface area contributed by atoms with Gasteiger partial charge in [0.2, 0.25) is 5.91 Å². The molecule has 2 aromatic carbocycles. The quantitative estimate of drug-likeness (QED) is 0.806. The molecule has 1 aliphatic heterocycles. The lowest BCUT2D eigenvalue weighted by atomic mass is 10.1. The summed E-state index contributed by atoms with van der Waals surface area (Å²) in [5, 5.41) is 3.60. The van der Waals surface area contributed by atoms with Crippen LogP contribution in [0.4, 0.5) is 10.1 Å². The zero-order valence-electron chi connectivity index (χ0n) is 14.1. The van der Waals surface area contributed by atoms with E-state index in [2.05, 4.69) is 10.2 Å². The number of para-hydroxylation sites is 1. The molecule has 138 valence electrons. The third-order valence-electron chi connectivity index (χ3n) is 4.27. The molecule has 2 aromatic rings. The van der Waals surface area contributed by atoms with Gasteiger partial charge in [-0.3, -0.25) is 9.69 Å². The molecule has 0 bridgehead atoms. The third kappa shape index (κ3) is 4.95. The minimum atomic E-state index is -0.438. The number of nitrogens with zero attached hydrogens (tertiary/aromatic N) is 1. The van der Waals surface area contributed by atoms with E-state index in [1.54, 1.807) is 24.3 Å². The Bertz CT molecular complexity index is 788. The van der Waals surface area contributed by atoms with Crippen LogP contribution in [0.1, 0.15) is 18.1 Å². The molecule has 1 saturated heterocycles. The fourth-order valence-corrected chi connectivity index (χ4v) is 3.16. The van der Waals surface area contributed by atoms with Gasteiger partial charge in [0.15, 0.2) is 0 Å². The first kappa shape index (κ1) is 19.1. The van der Waals surface area contributed by atoms with Crippen LogP contribution in [-0.4, -0.2) is 37.0 Å². The van der Waals surface area contributed by atoms with Gasteiger partial charge in [0.05, 0.1) is 28.4 Å². The minimum Gasteiger partial charge on any atom is -0.371 e. The first-order chi connectivity index (χ1) is 12.5. The Morgan fingerprint density at radius 2 is 2.04 bits per heavy atom. The second-order valence-electron chi connectivity index (χ2n) is 6.11. The number of carbonyl (C=O) groups excluding carboxylic acids is 1. The number of anilines is 1. The SMILES string of the molecule is O=C(CCN1CCO[C@@H](c2ccc(Cl)c(Cl)c2)C1)Nc1ccccc1F. The van der Waals surface area contributed by atoms with Crippen molar-refractivity contribution in [2.24, 2.45) is 0 Å². The molecule has 0 spiro atoms. The summed E-state index contributed by atoms with van der Waals surface area (Å²) in [4.78, 5) is 14.2. The average molecular weight is 397 g/mol. The van der Waals surface area contributed by atoms with E-state index >= 15 is 0 Å². The van der Waals surface area contributed by atoms with Crippen LogP contribution in [0.15, 0.2) is 42.5 Å². The molecule has 0 aromatic heterocycles. The highest BCUT2D eigenvalue weighted by Crippen LogP contribution is 2.29. The summed E-state index contributed by atoms with van der Waals surface area (Å²) >= 11 is 12.0. The summed E-state index contributed by atoms with van der Waals surface area (Å²) < 4.78 is 19.4. The summed E-state index contributed by atoms with van der Waals surface area (Å²) in [6.45, 7) is 2.54. The molecule has 0 saturated carbocycles. The molecule has 1 aliphatic rings. The van der Waals surface area contributed by atoms with Crippen LogP contribution in [0.2, 0.25) is 10.0 Å². The van der Waals surface area contributed by atoms with Gasteiger partial charge in [-0.05, 0) is 29.8 Å². The maximum Gasteiger partial charge on any atom is 0.225 e. The van der Waals surface area contributed by atoms with Crippen molar-refractivity contribution in [3.05, 3.63) is 63.9 Å². The minimum absolute atomic E-state index is 0.117. The highest BCUT2D eigenvalue weighted by molar-refractivity contribution is 6.42. The van der Waals surface area contributed by atoms with Gasteiger partial charge in [0, 0.05) is 26.1 Å². The average Bonchev–Trinajstić information content (AvgIpc) is 2.64. The van der Waals surface area contributed by atoms with Crippen molar-refractivity contribution in [2.45, 2.75) is 12.5 Å². The van der Waals surface area contributed by atoms with Crippen molar-refractivity contribution in [1.29, 1.82) is 0 Å². The summed E-state index contributed by atoms with van der Waals surface area (Å²) in [7, 11) is 0. The standard InChI is InChI=1S/C19H19Cl2FN2O2/c20-14-6-5-13(11-15(14)21)18-12-24(9-10-26-18)8-7-19(25)23-17-4-2-1-3-16(17)22/h1-6,11,18H,7-10,12H2,(H,23,25)/t18-/m1/s1. The number of amides is 1. The van der Waals surface area contributed by atoms with Crippen molar-refractivity contribution >= 4 is 34.8 Å². The zero-order chi connectivity index (χ0) is 18.5. The van der Waals surface area contributed by atoms with E-state index in [1.807, 2.05) is 12.1 Å². The number of hydrogen-bond donors (Lipinski definition) is 1. The number of hydrogen-bond acceptors (Lipinski definition) is 3. The molecule has 0 aliphatic carbocycles. The summed E-state index contributed by atoms with van der Waals surface area (Å²) in [5.41, 5.74) is 1.16. The molecular formula is C19H19Cl2FN2O2. The van der Waals surface area contributed by atoms with Gasteiger partial charge in [-0.1, -0.05) is 41.4 Å². The van der Waals surface area contributed by atoms with Crippen molar-refractivity contribution in [3.8, 4) is 0 Å². The number of halogens is 3. The maximum atomic E-state index is 13.6. The van der Waals surface area contributed by atoms with E-state index in [4.69, 9.17) is 27.9 Å². The lowest BCUT2D eigenvalue weighted by Gasteiger charge is -2.33. The summed E-state index contributed by atoms with van der Waals surface area (Å²) in [6, 6.07) is 11.6. The Morgan fingerprint density at radius 1 is 1.23 bits per heavy atom. The Labute approximate surface area is 161 Å². The van der Waals surface area contributed by atoms with E-state index in [0.29, 0.717) is 29.7 Å². The lowest BCUT2D eigenvalue weighted by Crippen LogP contribution is -2.39. The van der Waals surface area contributed by atoms with Gasteiger partial charge in [0.1, 0.15) is 5.82 Å². The molecular weight excluding hydrogens is 378 g/mol. The largest absolute Gasteiger partial charge is 0.371 e. The predicted octanol–water partition coefficient (Wildman–Crippen LogP) is 4.53. The predicted molar refractivity (Wildman–Crippen MR) is 101 cm³/mol. The van der Waals surface area contributed by atoms with Crippen molar-refractivity contribution in [3.63, 3.8) is 0 Å². The highest BCUT2D eigenvalue weighted by atomic mass is 35.5. The topological polar surface area (TPSA) is 41.6 Å². The second-order valence-corrected chi connectivity index (χ2v) is 6.93. The van der Waals surface area contributed by atoms with Crippen molar-refractivity contribution in [1.82, 2.24) is 4.90 Å². The number of morpholine rings is 1. The molecule has 1 atom stereocenters. The van der Waals surface area contributed by atoms with Crippen LogP contribution in [0.5, 0.6) is 0 Å². The third-order valence-corrected chi connectivity index (χ3v) is 5.01. The Balaban J connectivity index is 1.52. The van der Waals surface area contributed by atoms with Crippen molar-refractivity contribution < 1.29 is 13.9 Å². The van der Waals surface area contributed by atoms with E-state index in [-0.39, 0.29) is 24.1 Å². The van der Waals surface area contributed by atoms with Gasteiger partial charge in [0.25, 0.3) is 0 Å². The zero-order valence-corrected chi connectivity index (χ0v) is 15.6. The Morgan fingerprint density at radius 3 is 2.81 bits per heavy atom. The van der Waals surface area contributed by atoms with E-state index < -0.39 is 5.82 Å². The number of nitrogens with one attached hydrogen (secondary N) is 1. The molecule has 1 fully saturated rings. The van der Waals surface area contributed by atoms with Crippen LogP contribution in [-0.2, 0) is 9.53 Å². The molecule has 1 N–H and O–H groups in total. The fourth-order valence-electron chi connectivity index (χ4n) is 2.85. The van der Waals surface area contributed by atoms with Crippen LogP contribution < -0.4 is 5.32 Å². The maximum absolute atomic E-state index is 13.6. The monoisotopic (exact) mass is 396 g/mol. The van der Waals surface area contributed by atoms with Crippen LogP contribution >= 0.6 is 23.2 Å². The van der Waals surface area contributed by atoms with E-state index in [0.717, 1.165) is 12.1 Å². The molecule has 0 unspecified atom stereocenters. The van der Waals surface area contributed by atoms with Gasteiger partial charge in [-0.15, -0.1) is 0 Å². The van der Waals surface area contributed by atoms with Gasteiger partial charge in [-0.2, -0.15) is 0 Å². The van der Waals surface area contributed by atoms with Crippen molar-refractivity contribution in [2.75, 3.05) is 31.6 Å². The van der Waals surface area contributed by atoms with Crippen LogP contribution in [0, 0.1) is 5.82 Å². The summed E-state index contributed by atoms with van der Waals surface area (Å²) in [6.07, 6.45) is 0.163. The lowest BCUT2D eigenvalue weighted by molar-refractivity contribution is -0.117. The first-order valence-corrected chi connectivity index (χ1v) is 9.12. The highest BCUT2D eigenvalue weighted by Gasteiger charge is 2.23. The second kappa shape index (κ2) is 8.82.